The molecule has 0 spiro atoms. The van der Waals surface area contributed by atoms with Gasteiger partial charge >= 0.3 is 0 Å². The number of nitriles is 1. The molecule has 7 heteroatoms. The van der Waals surface area contributed by atoms with Gasteiger partial charge in [0.1, 0.15) is 16.0 Å². The molecule has 0 aliphatic rings. The number of nitrogens with zero attached hydrogens (tertiary/aromatic N) is 4. The fraction of sp³-hybridized carbons (Fsp3) is 0.0476. The molecular formula is C21H14N4S3. The number of fused-ring (bicyclic) bond motifs is 1. The lowest BCUT2D eigenvalue weighted by molar-refractivity contribution is 0.912. The Morgan fingerprint density at radius 1 is 1.07 bits per heavy atom. The van der Waals surface area contributed by atoms with Gasteiger partial charge in [0.05, 0.1) is 22.4 Å². The van der Waals surface area contributed by atoms with Gasteiger partial charge < -0.3 is 4.57 Å². The van der Waals surface area contributed by atoms with Crippen LogP contribution in [0.1, 0.15) is 4.88 Å². The normalized spacial score (nSPS) is 11.1. The molecule has 5 rings (SSSR count). The van der Waals surface area contributed by atoms with Crippen molar-refractivity contribution in [3.05, 3.63) is 70.6 Å². The number of hydrogen-bond donors (Lipinski definition) is 0. The van der Waals surface area contributed by atoms with Gasteiger partial charge in [-0.1, -0.05) is 24.3 Å². The molecule has 0 saturated carbocycles. The highest BCUT2D eigenvalue weighted by atomic mass is 32.2. The first-order valence-electron chi connectivity index (χ1n) is 8.58. The second-order valence-electron chi connectivity index (χ2n) is 6.26. The van der Waals surface area contributed by atoms with Crippen LogP contribution in [0.4, 0.5) is 0 Å². The first-order chi connectivity index (χ1) is 13.8. The Bertz CT molecular complexity index is 1320. The number of imidazole rings is 1. The zero-order chi connectivity index (χ0) is 19.1. The van der Waals surface area contributed by atoms with Crippen molar-refractivity contribution in [2.45, 2.75) is 5.03 Å². The molecule has 0 bridgehead atoms. The molecule has 0 radical (unpaired) electrons. The second-order valence-corrected chi connectivity index (χ2v) is 9.09. The Morgan fingerprint density at radius 2 is 1.96 bits per heavy atom. The van der Waals surface area contributed by atoms with Crippen LogP contribution in [0.3, 0.4) is 0 Å². The molecule has 0 fully saturated rings. The summed E-state index contributed by atoms with van der Waals surface area (Å²) in [6.45, 7) is 0. The van der Waals surface area contributed by atoms with E-state index in [9.17, 15) is 5.26 Å². The predicted molar refractivity (Wildman–Crippen MR) is 118 cm³/mol. The molecule has 0 saturated heterocycles. The maximum Gasteiger partial charge on any atom is 0.135 e. The zero-order valence-corrected chi connectivity index (χ0v) is 17.3. The fourth-order valence-electron chi connectivity index (χ4n) is 3.34. The smallest absolute Gasteiger partial charge is 0.135 e. The third-order valence-corrected chi connectivity index (χ3v) is 7.14. The van der Waals surface area contributed by atoms with Crippen LogP contribution < -0.4 is 0 Å². The highest BCUT2D eigenvalue weighted by molar-refractivity contribution is 7.98. The quantitative estimate of drug-likeness (QED) is 0.346. The zero-order valence-electron chi connectivity index (χ0n) is 14.9. The van der Waals surface area contributed by atoms with E-state index < -0.39 is 0 Å². The van der Waals surface area contributed by atoms with E-state index >= 15 is 0 Å². The monoisotopic (exact) mass is 418 g/mol. The highest BCUT2D eigenvalue weighted by Gasteiger charge is 2.24. The van der Waals surface area contributed by atoms with E-state index in [2.05, 4.69) is 62.9 Å². The Morgan fingerprint density at radius 3 is 2.71 bits per heavy atom. The van der Waals surface area contributed by atoms with Crippen molar-refractivity contribution in [2.24, 2.45) is 7.05 Å². The van der Waals surface area contributed by atoms with Crippen LogP contribution in [-0.4, -0.2) is 13.5 Å². The van der Waals surface area contributed by atoms with Gasteiger partial charge in [0.15, 0.2) is 0 Å². The van der Waals surface area contributed by atoms with Crippen LogP contribution >= 0.6 is 34.6 Å². The number of thiophene rings is 2. The van der Waals surface area contributed by atoms with E-state index in [1.165, 1.54) is 16.2 Å². The Kier molecular flexibility index (Phi) is 4.32. The summed E-state index contributed by atoms with van der Waals surface area (Å²) in [4.78, 5) is 6.41. The van der Waals surface area contributed by atoms with Gasteiger partial charge in [-0.25, -0.2) is 4.98 Å². The van der Waals surface area contributed by atoms with Crippen molar-refractivity contribution < 1.29 is 0 Å². The lowest BCUT2D eigenvalue weighted by Crippen LogP contribution is -1.91. The molecule has 4 heterocycles. The predicted octanol–water partition coefficient (Wildman–Crippen LogP) is 6.26. The lowest BCUT2D eigenvalue weighted by Gasteiger charge is -2.08. The van der Waals surface area contributed by atoms with E-state index in [1.54, 1.807) is 23.3 Å². The number of aromatic nitrogens is 3. The molecule has 28 heavy (non-hydrogen) atoms. The number of para-hydroxylation sites is 1. The van der Waals surface area contributed by atoms with Crippen LogP contribution in [-0.2, 0) is 7.05 Å². The van der Waals surface area contributed by atoms with Gasteiger partial charge in [0.25, 0.3) is 0 Å². The summed E-state index contributed by atoms with van der Waals surface area (Å²) in [7, 11) is 1.97. The molecule has 0 unspecified atom stereocenters. The van der Waals surface area contributed by atoms with Crippen molar-refractivity contribution >= 4 is 45.5 Å². The van der Waals surface area contributed by atoms with Gasteiger partial charge in [0.2, 0.25) is 0 Å². The summed E-state index contributed by atoms with van der Waals surface area (Å²) in [5.41, 5.74) is 4.33. The number of rotatable bonds is 4. The molecular weight excluding hydrogens is 404 g/mol. The first kappa shape index (κ1) is 17.3. The standard InChI is InChI=1S/C21H14N4S3/c1-24-12-19(23-13-24)28-25-16-6-3-2-5-14(16)20(15-8-10-27-18(15)11-22)21(25)17-7-4-9-26-17/h2-10,12-13H,1H3. The van der Waals surface area contributed by atoms with Crippen LogP contribution in [0.2, 0.25) is 0 Å². The summed E-state index contributed by atoms with van der Waals surface area (Å²) in [5.74, 6) is 0. The van der Waals surface area contributed by atoms with E-state index in [4.69, 9.17) is 0 Å². The van der Waals surface area contributed by atoms with Crippen molar-refractivity contribution in [2.75, 3.05) is 0 Å². The van der Waals surface area contributed by atoms with Crippen molar-refractivity contribution in [3.8, 4) is 27.8 Å². The average Bonchev–Trinajstić information content (AvgIpc) is 3.48. The number of benzene rings is 1. The van der Waals surface area contributed by atoms with E-state index in [1.807, 2.05) is 29.5 Å². The van der Waals surface area contributed by atoms with E-state index in [0.29, 0.717) is 0 Å². The highest BCUT2D eigenvalue weighted by Crippen LogP contribution is 2.46. The van der Waals surface area contributed by atoms with E-state index in [-0.39, 0.29) is 0 Å². The van der Waals surface area contributed by atoms with Gasteiger partial charge in [-0.3, -0.25) is 3.97 Å². The molecule has 0 aliphatic carbocycles. The van der Waals surface area contributed by atoms with Gasteiger partial charge in [-0.2, -0.15) is 5.26 Å². The Hall–Kier alpha value is -2.79. The van der Waals surface area contributed by atoms with Crippen LogP contribution in [0.25, 0.3) is 32.6 Å². The molecule has 0 atom stereocenters. The summed E-state index contributed by atoms with van der Waals surface area (Å²) in [6.07, 6.45) is 3.83. The van der Waals surface area contributed by atoms with Crippen LogP contribution in [0.5, 0.6) is 0 Å². The topological polar surface area (TPSA) is 46.5 Å². The van der Waals surface area contributed by atoms with Crippen LogP contribution in [0, 0.1) is 11.3 Å². The average molecular weight is 419 g/mol. The molecule has 4 nitrogen and oxygen atoms in total. The van der Waals surface area contributed by atoms with Crippen molar-refractivity contribution in [3.63, 3.8) is 0 Å². The van der Waals surface area contributed by atoms with Gasteiger partial charge in [-0.15, -0.1) is 22.7 Å². The first-order valence-corrected chi connectivity index (χ1v) is 11.1. The maximum absolute atomic E-state index is 9.65. The second kappa shape index (κ2) is 6.99. The minimum atomic E-state index is 0.739. The van der Waals surface area contributed by atoms with E-state index in [0.717, 1.165) is 37.6 Å². The Balaban J connectivity index is 1.86. The summed E-state index contributed by atoms with van der Waals surface area (Å²) < 4.78 is 4.20. The number of hydrogen-bond acceptors (Lipinski definition) is 5. The SMILES string of the molecule is Cn1cnc(Sn2c(-c3cccs3)c(-c3ccsc3C#N)c3ccccc32)c1. The molecule has 0 amide bonds. The van der Waals surface area contributed by atoms with Gasteiger partial charge in [-0.05, 0) is 29.0 Å². The maximum atomic E-state index is 9.65. The minimum Gasteiger partial charge on any atom is -0.339 e. The summed E-state index contributed by atoms with van der Waals surface area (Å²) in [6, 6.07) is 17.0. The van der Waals surface area contributed by atoms with Crippen LogP contribution in [0.15, 0.2) is 70.8 Å². The van der Waals surface area contributed by atoms with Crippen molar-refractivity contribution in [1.82, 2.24) is 13.5 Å². The molecule has 0 N–H and O–H groups in total. The van der Waals surface area contributed by atoms with Gasteiger partial charge in [0, 0.05) is 41.7 Å². The summed E-state index contributed by atoms with van der Waals surface area (Å²) in [5, 5.41) is 15.8. The van der Waals surface area contributed by atoms with Crippen molar-refractivity contribution in [1.29, 1.82) is 5.26 Å². The third-order valence-electron chi connectivity index (χ3n) is 4.49. The molecule has 0 aliphatic heterocycles. The summed E-state index contributed by atoms with van der Waals surface area (Å²) >= 11 is 4.80. The fourth-order valence-corrected chi connectivity index (χ4v) is 5.88. The Labute approximate surface area is 174 Å². The third kappa shape index (κ3) is 2.78. The lowest BCUT2D eigenvalue weighted by atomic mass is 10.0. The molecule has 5 aromatic rings. The molecule has 1 aromatic carbocycles. The minimum absolute atomic E-state index is 0.739. The molecule has 4 aromatic heterocycles. The number of aryl methyl sites for hydroxylation is 1. The molecule has 136 valence electrons. The largest absolute Gasteiger partial charge is 0.339 e.